The van der Waals surface area contributed by atoms with Gasteiger partial charge in [-0.3, -0.25) is 4.79 Å². The molecule has 2 aromatic rings. The second kappa shape index (κ2) is 10.0. The van der Waals surface area contributed by atoms with Crippen LogP contribution in [0.3, 0.4) is 0 Å². The summed E-state index contributed by atoms with van der Waals surface area (Å²) >= 11 is 0. The van der Waals surface area contributed by atoms with Crippen molar-refractivity contribution in [1.29, 1.82) is 0 Å². The molecule has 3 rings (SSSR count). The highest BCUT2D eigenvalue weighted by atomic mass is 32.2. The Bertz CT molecular complexity index is 1260. The monoisotopic (exact) mass is 509 g/mol. The van der Waals surface area contributed by atoms with Gasteiger partial charge in [0.25, 0.3) is 5.91 Å². The minimum absolute atomic E-state index is 0.0322. The molecule has 0 aliphatic carbocycles. The number of benzene rings is 2. The van der Waals surface area contributed by atoms with Crippen LogP contribution in [0.1, 0.15) is 16.8 Å². The van der Waals surface area contributed by atoms with Crippen LogP contribution in [0.25, 0.3) is 0 Å². The first-order valence-corrected chi connectivity index (χ1v) is 14.2. The van der Waals surface area contributed by atoms with E-state index >= 15 is 0 Å². The van der Waals surface area contributed by atoms with Gasteiger partial charge in [-0.05, 0) is 36.8 Å². The van der Waals surface area contributed by atoms with Crippen LogP contribution in [0.2, 0.25) is 0 Å². The molecule has 0 aromatic heterocycles. The molecule has 12 heteroatoms. The van der Waals surface area contributed by atoms with Crippen LogP contribution >= 0.6 is 0 Å². The van der Waals surface area contributed by atoms with Gasteiger partial charge in [-0.1, -0.05) is 12.1 Å². The van der Waals surface area contributed by atoms with E-state index < -0.39 is 25.6 Å². The number of methoxy groups -OCH3 is 1. The van der Waals surface area contributed by atoms with Gasteiger partial charge in [0.05, 0.1) is 22.6 Å². The number of hydrogen-bond donors (Lipinski definition) is 1. The number of para-hydroxylation sites is 2. The van der Waals surface area contributed by atoms with Crippen LogP contribution in [0.5, 0.6) is 5.75 Å². The lowest BCUT2D eigenvalue weighted by atomic mass is 10.2. The molecule has 10 nitrogen and oxygen atoms in total. The first-order valence-electron chi connectivity index (χ1n) is 10.4. The van der Waals surface area contributed by atoms with Crippen LogP contribution < -0.4 is 10.1 Å². The second-order valence-electron chi connectivity index (χ2n) is 8.00. The molecule has 1 aliphatic rings. The molecule has 0 atom stereocenters. The summed E-state index contributed by atoms with van der Waals surface area (Å²) in [4.78, 5) is 28.5. The van der Waals surface area contributed by atoms with E-state index in [1.54, 1.807) is 29.2 Å². The SMILES string of the molecule is COc1ccccc1NC(=O)N1CCCN(C(=O)c2cc(S(C)(=O)=O)cc(S(C)(=O)=O)c2)CC1. The Labute approximate surface area is 199 Å². The Morgan fingerprint density at radius 2 is 1.41 bits per heavy atom. The van der Waals surface area contributed by atoms with Gasteiger partial charge in [-0.25, -0.2) is 21.6 Å². The molecule has 1 saturated heterocycles. The fourth-order valence-corrected chi connectivity index (χ4v) is 5.01. The third-order valence-corrected chi connectivity index (χ3v) is 7.59. The number of nitrogens with one attached hydrogen (secondary N) is 1. The third kappa shape index (κ3) is 6.06. The zero-order valence-electron chi connectivity index (χ0n) is 19.1. The molecule has 0 spiro atoms. The summed E-state index contributed by atoms with van der Waals surface area (Å²) in [5.41, 5.74) is 0.494. The van der Waals surface area contributed by atoms with E-state index in [4.69, 9.17) is 4.74 Å². The number of amides is 3. The van der Waals surface area contributed by atoms with Crippen LogP contribution in [0.4, 0.5) is 10.5 Å². The van der Waals surface area contributed by atoms with Crippen LogP contribution in [0, 0.1) is 0 Å². The van der Waals surface area contributed by atoms with E-state index in [0.717, 1.165) is 18.6 Å². The van der Waals surface area contributed by atoms with Crippen molar-refractivity contribution in [3.63, 3.8) is 0 Å². The van der Waals surface area contributed by atoms with Gasteiger partial charge in [0.1, 0.15) is 5.75 Å². The summed E-state index contributed by atoms with van der Waals surface area (Å²) in [5.74, 6) is 0.0253. The van der Waals surface area contributed by atoms with Crippen molar-refractivity contribution in [2.45, 2.75) is 16.2 Å². The first kappa shape index (κ1) is 25.5. The van der Waals surface area contributed by atoms with Gasteiger partial charge < -0.3 is 19.9 Å². The normalized spacial score (nSPS) is 14.9. The molecule has 34 heavy (non-hydrogen) atoms. The molecule has 1 N–H and O–H groups in total. The minimum Gasteiger partial charge on any atom is -0.495 e. The largest absolute Gasteiger partial charge is 0.495 e. The van der Waals surface area contributed by atoms with E-state index in [1.807, 2.05) is 0 Å². The zero-order valence-corrected chi connectivity index (χ0v) is 20.8. The highest BCUT2D eigenvalue weighted by Crippen LogP contribution is 2.24. The Morgan fingerprint density at radius 1 is 0.853 bits per heavy atom. The summed E-state index contributed by atoms with van der Waals surface area (Å²) in [6.45, 7) is 1.18. The average molecular weight is 510 g/mol. The summed E-state index contributed by atoms with van der Waals surface area (Å²) in [6, 6.07) is 10.1. The number of nitrogens with zero attached hydrogens (tertiary/aromatic N) is 2. The lowest BCUT2D eigenvalue weighted by Crippen LogP contribution is -2.39. The summed E-state index contributed by atoms with van der Waals surface area (Å²) < 4.78 is 53.5. The van der Waals surface area contributed by atoms with Crippen LogP contribution in [0.15, 0.2) is 52.3 Å². The minimum atomic E-state index is -3.74. The molecule has 184 valence electrons. The average Bonchev–Trinajstić information content (AvgIpc) is 3.04. The maximum absolute atomic E-state index is 13.2. The lowest BCUT2D eigenvalue weighted by Gasteiger charge is -2.23. The molecule has 2 aromatic carbocycles. The van der Waals surface area contributed by atoms with Crippen molar-refractivity contribution in [2.75, 3.05) is 51.1 Å². The van der Waals surface area contributed by atoms with Crippen molar-refractivity contribution in [1.82, 2.24) is 9.80 Å². The second-order valence-corrected chi connectivity index (χ2v) is 12.0. The topological polar surface area (TPSA) is 130 Å². The summed E-state index contributed by atoms with van der Waals surface area (Å²) in [7, 11) is -5.98. The fourth-order valence-electron chi connectivity index (χ4n) is 3.57. The lowest BCUT2D eigenvalue weighted by molar-refractivity contribution is 0.0762. The van der Waals surface area contributed by atoms with E-state index in [9.17, 15) is 26.4 Å². The van der Waals surface area contributed by atoms with E-state index in [0.29, 0.717) is 30.9 Å². The maximum Gasteiger partial charge on any atom is 0.322 e. The van der Waals surface area contributed by atoms with Gasteiger partial charge in [0.15, 0.2) is 19.7 Å². The fraction of sp³-hybridized carbons (Fsp3) is 0.364. The Morgan fingerprint density at radius 3 is 2.00 bits per heavy atom. The molecule has 0 radical (unpaired) electrons. The van der Waals surface area contributed by atoms with Gasteiger partial charge in [-0.15, -0.1) is 0 Å². The highest BCUT2D eigenvalue weighted by molar-refractivity contribution is 7.91. The number of hydrogen-bond acceptors (Lipinski definition) is 7. The van der Waals surface area contributed by atoms with Crippen molar-refractivity contribution in [3.05, 3.63) is 48.0 Å². The summed E-state index contributed by atoms with van der Waals surface area (Å²) in [6.07, 6.45) is 2.40. The molecule has 0 saturated carbocycles. The van der Waals surface area contributed by atoms with Crippen molar-refractivity contribution >= 4 is 37.3 Å². The smallest absolute Gasteiger partial charge is 0.322 e. The first-order chi connectivity index (χ1) is 15.9. The van der Waals surface area contributed by atoms with Crippen molar-refractivity contribution in [3.8, 4) is 5.75 Å². The highest BCUT2D eigenvalue weighted by Gasteiger charge is 2.25. The predicted molar refractivity (Wildman–Crippen MR) is 127 cm³/mol. The molecule has 0 bridgehead atoms. The van der Waals surface area contributed by atoms with E-state index in [-0.39, 0.29) is 34.5 Å². The number of ether oxygens (including phenoxy) is 1. The molecule has 1 heterocycles. The van der Waals surface area contributed by atoms with Gasteiger partial charge in [0, 0.05) is 44.3 Å². The Kier molecular flexibility index (Phi) is 7.51. The quantitative estimate of drug-likeness (QED) is 0.651. The number of urea groups is 1. The number of sulfone groups is 2. The van der Waals surface area contributed by atoms with Gasteiger partial charge in [0.2, 0.25) is 0 Å². The Balaban J connectivity index is 1.77. The van der Waals surface area contributed by atoms with Crippen LogP contribution in [-0.4, -0.2) is 84.4 Å². The van der Waals surface area contributed by atoms with E-state index in [1.165, 1.54) is 24.1 Å². The van der Waals surface area contributed by atoms with Gasteiger partial charge in [-0.2, -0.15) is 0 Å². The van der Waals surface area contributed by atoms with Gasteiger partial charge >= 0.3 is 6.03 Å². The van der Waals surface area contributed by atoms with E-state index in [2.05, 4.69) is 5.32 Å². The number of carbonyl (C=O) groups is 2. The van der Waals surface area contributed by atoms with Crippen LogP contribution in [-0.2, 0) is 19.7 Å². The third-order valence-electron chi connectivity index (χ3n) is 5.40. The molecule has 1 fully saturated rings. The molecule has 3 amide bonds. The number of rotatable bonds is 5. The molecular weight excluding hydrogens is 482 g/mol. The Hall–Kier alpha value is -3.12. The standard InChI is InChI=1S/C22H27N3O7S2/c1-32-20-8-5-4-7-19(20)23-22(27)25-10-6-9-24(11-12-25)21(26)16-13-17(33(2,28)29)15-18(14-16)34(3,30)31/h4-5,7-8,13-15H,6,9-12H2,1-3H3,(H,23,27). The molecule has 0 unspecified atom stereocenters. The molecular formula is C22H27N3O7S2. The molecule has 1 aliphatic heterocycles. The van der Waals surface area contributed by atoms with Crippen molar-refractivity contribution in [2.24, 2.45) is 0 Å². The predicted octanol–water partition coefficient (Wildman–Crippen LogP) is 1.88. The summed E-state index contributed by atoms with van der Waals surface area (Å²) in [5, 5.41) is 2.81. The number of anilines is 1. The van der Waals surface area contributed by atoms with Crippen molar-refractivity contribution < 1.29 is 31.2 Å². The maximum atomic E-state index is 13.2. The number of carbonyl (C=O) groups excluding carboxylic acids is 2. The zero-order chi connectivity index (χ0) is 25.1.